The highest BCUT2D eigenvalue weighted by Gasteiger charge is 2.30. The fraction of sp³-hybridized carbons (Fsp3) is 0.611. The monoisotopic (exact) mass is 287 g/mol. The van der Waals surface area contributed by atoms with Crippen molar-refractivity contribution in [3.05, 3.63) is 34.9 Å². The van der Waals surface area contributed by atoms with E-state index in [0.29, 0.717) is 18.4 Å². The predicted molar refractivity (Wildman–Crippen MR) is 83.4 cm³/mol. The Hall–Kier alpha value is -1.35. The van der Waals surface area contributed by atoms with Gasteiger partial charge >= 0.3 is 5.97 Å². The number of carboxylic acids is 1. The molecule has 21 heavy (non-hydrogen) atoms. The molecule has 3 nitrogen and oxygen atoms in total. The van der Waals surface area contributed by atoms with E-state index in [2.05, 4.69) is 30.0 Å². The van der Waals surface area contributed by atoms with Crippen molar-refractivity contribution in [1.82, 2.24) is 4.90 Å². The van der Waals surface area contributed by atoms with Gasteiger partial charge in [-0.15, -0.1) is 0 Å². The van der Waals surface area contributed by atoms with E-state index in [-0.39, 0.29) is 0 Å². The van der Waals surface area contributed by atoms with Gasteiger partial charge in [-0.1, -0.05) is 23.8 Å². The van der Waals surface area contributed by atoms with Crippen molar-refractivity contribution >= 4 is 5.97 Å². The molecule has 1 aromatic rings. The summed E-state index contributed by atoms with van der Waals surface area (Å²) in [6.07, 6.45) is 5.95. The Morgan fingerprint density at radius 1 is 1.29 bits per heavy atom. The SMILES string of the molecule is Cc1ccc2c(c1)C(N1CCC(CCC(=O)O)CC1)CC2. The van der Waals surface area contributed by atoms with Crippen LogP contribution in [0.25, 0.3) is 0 Å². The molecule has 1 N–H and O–H groups in total. The summed E-state index contributed by atoms with van der Waals surface area (Å²) in [5.74, 6) is -0.0478. The Labute approximate surface area is 127 Å². The molecular weight excluding hydrogens is 262 g/mol. The summed E-state index contributed by atoms with van der Waals surface area (Å²) in [5, 5.41) is 8.79. The third kappa shape index (κ3) is 3.29. The Morgan fingerprint density at radius 3 is 2.76 bits per heavy atom. The number of carboxylic acid groups (broad SMARTS) is 1. The smallest absolute Gasteiger partial charge is 0.303 e. The molecule has 0 bridgehead atoms. The second kappa shape index (κ2) is 6.18. The molecule has 3 heteroatoms. The lowest BCUT2D eigenvalue weighted by molar-refractivity contribution is -0.137. The first-order valence-electron chi connectivity index (χ1n) is 8.19. The molecule has 1 heterocycles. The van der Waals surface area contributed by atoms with Crippen LogP contribution in [0.15, 0.2) is 18.2 Å². The zero-order valence-corrected chi connectivity index (χ0v) is 12.8. The van der Waals surface area contributed by atoms with Gasteiger partial charge in [0.1, 0.15) is 0 Å². The Bertz CT molecular complexity index is 518. The van der Waals surface area contributed by atoms with Crippen LogP contribution >= 0.6 is 0 Å². The first-order chi connectivity index (χ1) is 10.1. The van der Waals surface area contributed by atoms with Gasteiger partial charge in [0.15, 0.2) is 0 Å². The molecular formula is C18H25NO2. The molecule has 0 radical (unpaired) electrons. The molecule has 1 aromatic carbocycles. The molecule has 1 fully saturated rings. The highest BCUT2D eigenvalue weighted by atomic mass is 16.4. The Morgan fingerprint density at radius 2 is 2.05 bits per heavy atom. The molecule has 1 saturated heterocycles. The largest absolute Gasteiger partial charge is 0.481 e. The molecule has 1 aliphatic heterocycles. The van der Waals surface area contributed by atoms with Crippen LogP contribution in [-0.2, 0) is 11.2 Å². The number of carbonyl (C=O) groups is 1. The number of rotatable bonds is 4. The number of benzene rings is 1. The summed E-state index contributed by atoms with van der Waals surface area (Å²) >= 11 is 0. The van der Waals surface area contributed by atoms with E-state index in [4.69, 9.17) is 5.11 Å². The molecule has 0 spiro atoms. The highest BCUT2D eigenvalue weighted by Crippen LogP contribution is 2.38. The van der Waals surface area contributed by atoms with Gasteiger partial charge < -0.3 is 5.11 Å². The van der Waals surface area contributed by atoms with Crippen molar-refractivity contribution in [2.45, 2.75) is 51.5 Å². The van der Waals surface area contributed by atoms with Gasteiger partial charge in [0.25, 0.3) is 0 Å². The van der Waals surface area contributed by atoms with Crippen molar-refractivity contribution in [2.24, 2.45) is 5.92 Å². The average Bonchev–Trinajstić information content (AvgIpc) is 2.88. The van der Waals surface area contributed by atoms with Crippen LogP contribution in [0.3, 0.4) is 0 Å². The third-order valence-corrected chi connectivity index (χ3v) is 5.20. The van der Waals surface area contributed by atoms with Crippen molar-refractivity contribution in [3.63, 3.8) is 0 Å². The van der Waals surface area contributed by atoms with E-state index in [9.17, 15) is 4.79 Å². The van der Waals surface area contributed by atoms with Gasteiger partial charge in [-0.3, -0.25) is 9.69 Å². The quantitative estimate of drug-likeness (QED) is 0.920. The van der Waals surface area contributed by atoms with Gasteiger partial charge in [0.05, 0.1) is 0 Å². The van der Waals surface area contributed by atoms with Crippen molar-refractivity contribution in [1.29, 1.82) is 0 Å². The number of aryl methyl sites for hydroxylation is 2. The van der Waals surface area contributed by atoms with Gasteiger partial charge in [0, 0.05) is 12.5 Å². The van der Waals surface area contributed by atoms with Gasteiger partial charge in [-0.05, 0) is 69.2 Å². The summed E-state index contributed by atoms with van der Waals surface area (Å²) in [4.78, 5) is 13.3. The molecule has 1 aliphatic carbocycles. The minimum absolute atomic E-state index is 0.329. The lowest BCUT2D eigenvalue weighted by Gasteiger charge is -2.36. The lowest BCUT2D eigenvalue weighted by Crippen LogP contribution is -2.36. The maximum absolute atomic E-state index is 10.7. The first kappa shape index (κ1) is 14.6. The van der Waals surface area contributed by atoms with E-state index in [1.54, 1.807) is 5.56 Å². The van der Waals surface area contributed by atoms with Crippen LogP contribution < -0.4 is 0 Å². The van der Waals surface area contributed by atoms with Crippen molar-refractivity contribution in [3.8, 4) is 0 Å². The van der Waals surface area contributed by atoms with Crippen LogP contribution in [0, 0.1) is 12.8 Å². The number of hydrogen-bond acceptors (Lipinski definition) is 2. The molecule has 0 aromatic heterocycles. The minimum atomic E-state index is -0.655. The molecule has 114 valence electrons. The maximum atomic E-state index is 10.7. The van der Waals surface area contributed by atoms with Gasteiger partial charge in [0.2, 0.25) is 0 Å². The lowest BCUT2D eigenvalue weighted by atomic mass is 9.90. The zero-order valence-electron chi connectivity index (χ0n) is 12.8. The molecule has 2 aliphatic rings. The standard InChI is InChI=1S/C18H25NO2/c1-13-2-4-15-5-6-17(16(15)12-13)19-10-8-14(9-11-19)3-7-18(20)21/h2,4,12,14,17H,3,5-11H2,1H3,(H,20,21). The minimum Gasteiger partial charge on any atom is -0.481 e. The molecule has 1 atom stereocenters. The number of fused-ring (bicyclic) bond motifs is 1. The topological polar surface area (TPSA) is 40.5 Å². The number of hydrogen-bond donors (Lipinski definition) is 1. The van der Waals surface area contributed by atoms with Gasteiger partial charge in [-0.25, -0.2) is 0 Å². The number of aliphatic carboxylic acids is 1. The fourth-order valence-electron chi connectivity index (χ4n) is 3.96. The Balaban J connectivity index is 1.59. The maximum Gasteiger partial charge on any atom is 0.303 e. The fourth-order valence-corrected chi connectivity index (χ4v) is 3.96. The van der Waals surface area contributed by atoms with Crippen LogP contribution in [0.4, 0.5) is 0 Å². The molecule has 1 unspecified atom stereocenters. The number of likely N-dealkylation sites (tertiary alicyclic amines) is 1. The molecule has 0 amide bonds. The Kier molecular flexibility index (Phi) is 4.29. The summed E-state index contributed by atoms with van der Waals surface area (Å²) in [5.41, 5.74) is 4.43. The number of piperidine rings is 1. The van der Waals surface area contributed by atoms with E-state index >= 15 is 0 Å². The first-order valence-corrected chi connectivity index (χ1v) is 8.19. The highest BCUT2D eigenvalue weighted by molar-refractivity contribution is 5.66. The molecule has 3 rings (SSSR count). The summed E-state index contributed by atoms with van der Waals surface area (Å²) in [6, 6.07) is 7.48. The second-order valence-electron chi connectivity index (χ2n) is 6.67. The zero-order chi connectivity index (χ0) is 14.8. The second-order valence-corrected chi connectivity index (χ2v) is 6.67. The summed E-state index contributed by atoms with van der Waals surface area (Å²) in [7, 11) is 0. The van der Waals surface area contributed by atoms with Gasteiger partial charge in [-0.2, -0.15) is 0 Å². The summed E-state index contributed by atoms with van der Waals surface area (Å²) in [6.45, 7) is 4.43. The van der Waals surface area contributed by atoms with E-state index in [0.717, 1.165) is 32.4 Å². The van der Waals surface area contributed by atoms with Crippen molar-refractivity contribution < 1.29 is 9.90 Å². The van der Waals surface area contributed by atoms with Crippen molar-refractivity contribution in [2.75, 3.05) is 13.1 Å². The van der Waals surface area contributed by atoms with Crippen LogP contribution in [-0.4, -0.2) is 29.1 Å². The van der Waals surface area contributed by atoms with Crippen LogP contribution in [0.5, 0.6) is 0 Å². The van der Waals surface area contributed by atoms with Crippen LogP contribution in [0.2, 0.25) is 0 Å². The third-order valence-electron chi connectivity index (χ3n) is 5.20. The van der Waals surface area contributed by atoms with E-state index in [1.165, 1.54) is 24.0 Å². The van der Waals surface area contributed by atoms with Crippen LogP contribution in [0.1, 0.15) is 54.8 Å². The summed E-state index contributed by atoms with van der Waals surface area (Å²) < 4.78 is 0. The number of nitrogens with zero attached hydrogens (tertiary/aromatic N) is 1. The average molecular weight is 287 g/mol. The normalized spacial score (nSPS) is 23.2. The van der Waals surface area contributed by atoms with E-state index in [1.807, 2.05) is 0 Å². The van der Waals surface area contributed by atoms with E-state index < -0.39 is 5.97 Å². The predicted octanol–water partition coefficient (Wildman–Crippen LogP) is 3.56. The molecule has 0 saturated carbocycles.